The molecular formula is C27H26ClFN2O3. The second kappa shape index (κ2) is 11.3. The van der Waals surface area contributed by atoms with Crippen LogP contribution in [0.15, 0.2) is 72.8 Å². The summed E-state index contributed by atoms with van der Waals surface area (Å²) < 4.78 is 19.3. The maximum atomic E-state index is 13.8. The monoisotopic (exact) mass is 480 g/mol. The van der Waals surface area contributed by atoms with Crippen LogP contribution in [0, 0.1) is 5.82 Å². The maximum absolute atomic E-state index is 13.8. The highest BCUT2D eigenvalue weighted by Gasteiger charge is 2.19. The third kappa shape index (κ3) is 6.43. The molecule has 0 saturated carbocycles. The third-order valence-electron chi connectivity index (χ3n) is 5.73. The van der Waals surface area contributed by atoms with Crippen LogP contribution >= 0.6 is 11.6 Å². The second-order valence-corrected chi connectivity index (χ2v) is 8.75. The molecule has 5 nitrogen and oxygen atoms in total. The standard InChI is InChI=1S/C27H26ClFN2O3/c28-22-10-8-21(9-11-22)27(33)31(18-20-3-1-4-23(29)15-20)24-12-6-19(7-13-24)16-26(32)30-17-25-5-2-14-34-25/h1,3-4,6-13,15,25H,2,5,14,16-18H2,(H,30,32)/t25-/m0/s1. The average molecular weight is 481 g/mol. The minimum Gasteiger partial charge on any atom is -0.376 e. The van der Waals surface area contributed by atoms with Crippen LogP contribution in [0.5, 0.6) is 0 Å². The summed E-state index contributed by atoms with van der Waals surface area (Å²) in [4.78, 5) is 27.2. The van der Waals surface area contributed by atoms with Crippen molar-refractivity contribution in [3.63, 3.8) is 0 Å². The number of nitrogens with one attached hydrogen (secondary N) is 1. The van der Waals surface area contributed by atoms with Gasteiger partial charge in [-0.3, -0.25) is 9.59 Å². The van der Waals surface area contributed by atoms with E-state index in [0.29, 0.717) is 28.4 Å². The molecule has 3 aromatic rings. The van der Waals surface area contributed by atoms with Gasteiger partial charge in [0.25, 0.3) is 5.91 Å². The van der Waals surface area contributed by atoms with Gasteiger partial charge in [-0.25, -0.2) is 4.39 Å². The van der Waals surface area contributed by atoms with E-state index in [1.165, 1.54) is 12.1 Å². The summed E-state index contributed by atoms with van der Waals surface area (Å²) >= 11 is 5.97. The largest absolute Gasteiger partial charge is 0.376 e. The molecule has 7 heteroatoms. The summed E-state index contributed by atoms with van der Waals surface area (Å²) in [5, 5.41) is 3.46. The molecular weight excluding hydrogens is 455 g/mol. The second-order valence-electron chi connectivity index (χ2n) is 8.31. The van der Waals surface area contributed by atoms with Crippen LogP contribution in [0.3, 0.4) is 0 Å². The van der Waals surface area contributed by atoms with E-state index in [1.807, 2.05) is 12.1 Å². The zero-order valence-corrected chi connectivity index (χ0v) is 19.4. The number of halogens is 2. The van der Waals surface area contributed by atoms with Gasteiger partial charge in [0, 0.05) is 29.4 Å². The minimum atomic E-state index is -0.360. The predicted octanol–water partition coefficient (Wildman–Crippen LogP) is 5.16. The van der Waals surface area contributed by atoms with E-state index in [-0.39, 0.29) is 36.7 Å². The number of carbonyl (C=O) groups excluding carboxylic acids is 2. The fourth-order valence-electron chi connectivity index (χ4n) is 3.92. The summed E-state index contributed by atoms with van der Waals surface area (Å²) in [6, 6.07) is 20.1. The van der Waals surface area contributed by atoms with Gasteiger partial charge in [0.05, 0.1) is 19.1 Å². The number of ether oxygens (including phenoxy) is 1. The Morgan fingerprint density at radius 3 is 2.47 bits per heavy atom. The summed E-state index contributed by atoms with van der Waals surface area (Å²) in [7, 11) is 0. The third-order valence-corrected chi connectivity index (χ3v) is 5.98. The molecule has 1 N–H and O–H groups in total. The van der Waals surface area contributed by atoms with Gasteiger partial charge in [-0.2, -0.15) is 0 Å². The first-order valence-electron chi connectivity index (χ1n) is 11.3. The van der Waals surface area contributed by atoms with Crippen molar-refractivity contribution < 1.29 is 18.7 Å². The summed E-state index contributed by atoms with van der Waals surface area (Å²) in [6.45, 7) is 1.47. The Morgan fingerprint density at radius 1 is 1.03 bits per heavy atom. The number of hydrogen-bond acceptors (Lipinski definition) is 3. The number of benzene rings is 3. The molecule has 1 heterocycles. The fourth-order valence-corrected chi connectivity index (χ4v) is 4.05. The Labute approximate surface area is 203 Å². The van der Waals surface area contributed by atoms with Gasteiger partial charge in [-0.1, -0.05) is 35.9 Å². The topological polar surface area (TPSA) is 58.6 Å². The van der Waals surface area contributed by atoms with E-state index in [0.717, 1.165) is 25.0 Å². The van der Waals surface area contributed by atoms with Crippen molar-refractivity contribution in [2.45, 2.75) is 31.9 Å². The van der Waals surface area contributed by atoms with Crippen LogP contribution in [0.1, 0.15) is 34.3 Å². The van der Waals surface area contributed by atoms with Gasteiger partial charge < -0.3 is 15.0 Å². The molecule has 0 aliphatic carbocycles. The Morgan fingerprint density at radius 2 is 1.79 bits per heavy atom. The van der Waals surface area contributed by atoms with E-state index in [2.05, 4.69) is 5.32 Å². The highest BCUT2D eigenvalue weighted by atomic mass is 35.5. The molecule has 0 radical (unpaired) electrons. The van der Waals surface area contributed by atoms with Crippen LogP contribution in [0.25, 0.3) is 0 Å². The Balaban J connectivity index is 1.49. The average Bonchev–Trinajstić information content (AvgIpc) is 3.36. The molecule has 1 atom stereocenters. The number of rotatable bonds is 8. The van der Waals surface area contributed by atoms with Crippen molar-refractivity contribution in [3.8, 4) is 0 Å². The number of hydrogen-bond donors (Lipinski definition) is 1. The molecule has 1 aliphatic rings. The highest BCUT2D eigenvalue weighted by molar-refractivity contribution is 6.30. The molecule has 34 heavy (non-hydrogen) atoms. The number of carbonyl (C=O) groups is 2. The van der Waals surface area contributed by atoms with Crippen LogP contribution in [0.2, 0.25) is 5.02 Å². The summed E-state index contributed by atoms with van der Waals surface area (Å²) in [5.74, 6) is -0.666. The van der Waals surface area contributed by atoms with Gasteiger partial charge in [0.1, 0.15) is 5.82 Å². The van der Waals surface area contributed by atoms with Gasteiger partial charge in [-0.15, -0.1) is 0 Å². The van der Waals surface area contributed by atoms with Crippen molar-refractivity contribution in [1.82, 2.24) is 5.32 Å². The molecule has 1 saturated heterocycles. The molecule has 0 unspecified atom stereocenters. The molecule has 1 fully saturated rings. The fraction of sp³-hybridized carbons (Fsp3) is 0.259. The number of nitrogens with zero attached hydrogens (tertiary/aromatic N) is 1. The van der Waals surface area contributed by atoms with E-state index in [4.69, 9.17) is 16.3 Å². The van der Waals surface area contributed by atoms with Crippen LogP contribution < -0.4 is 10.2 Å². The first-order valence-corrected chi connectivity index (χ1v) is 11.6. The minimum absolute atomic E-state index is 0.0721. The quantitative estimate of drug-likeness (QED) is 0.484. The van der Waals surface area contributed by atoms with Crippen molar-refractivity contribution in [3.05, 3.63) is 100 Å². The summed E-state index contributed by atoms with van der Waals surface area (Å²) in [6.07, 6.45) is 2.34. The van der Waals surface area contributed by atoms with Crippen LogP contribution in [-0.2, 0) is 22.5 Å². The molecule has 0 spiro atoms. The Kier molecular flexibility index (Phi) is 7.93. The van der Waals surface area contributed by atoms with Gasteiger partial charge >= 0.3 is 0 Å². The number of amides is 2. The molecule has 1 aliphatic heterocycles. The Bertz CT molecular complexity index is 1130. The lowest BCUT2D eigenvalue weighted by Gasteiger charge is -2.23. The SMILES string of the molecule is O=C(Cc1ccc(N(Cc2cccc(F)c2)C(=O)c2ccc(Cl)cc2)cc1)NC[C@@H]1CCCO1. The zero-order chi connectivity index (χ0) is 23.9. The van der Waals surface area contributed by atoms with Crippen LogP contribution in [0.4, 0.5) is 10.1 Å². The summed E-state index contributed by atoms with van der Waals surface area (Å²) in [5.41, 5.74) is 2.62. The van der Waals surface area contributed by atoms with E-state index in [1.54, 1.807) is 53.4 Å². The van der Waals surface area contributed by atoms with Gasteiger partial charge in [0.2, 0.25) is 5.91 Å². The van der Waals surface area contributed by atoms with Gasteiger partial charge in [-0.05, 0) is 72.5 Å². The van der Waals surface area contributed by atoms with E-state index >= 15 is 0 Å². The first kappa shape index (κ1) is 23.9. The normalized spacial score (nSPS) is 15.2. The molecule has 3 aromatic carbocycles. The lowest BCUT2D eigenvalue weighted by atomic mass is 10.1. The lowest BCUT2D eigenvalue weighted by molar-refractivity contribution is -0.120. The molecule has 0 bridgehead atoms. The lowest BCUT2D eigenvalue weighted by Crippen LogP contribution is -2.32. The Hall–Kier alpha value is -3.22. The maximum Gasteiger partial charge on any atom is 0.258 e. The zero-order valence-electron chi connectivity index (χ0n) is 18.7. The van der Waals surface area contributed by atoms with E-state index in [9.17, 15) is 14.0 Å². The van der Waals surface area contributed by atoms with Crippen molar-refractivity contribution in [2.75, 3.05) is 18.1 Å². The highest BCUT2D eigenvalue weighted by Crippen LogP contribution is 2.23. The molecule has 2 amide bonds. The van der Waals surface area contributed by atoms with Crippen LogP contribution in [-0.4, -0.2) is 31.1 Å². The van der Waals surface area contributed by atoms with Crippen molar-refractivity contribution in [2.24, 2.45) is 0 Å². The predicted molar refractivity (Wildman–Crippen MR) is 130 cm³/mol. The van der Waals surface area contributed by atoms with Crippen molar-refractivity contribution in [1.29, 1.82) is 0 Å². The molecule has 176 valence electrons. The van der Waals surface area contributed by atoms with Gasteiger partial charge in [0.15, 0.2) is 0 Å². The smallest absolute Gasteiger partial charge is 0.258 e. The first-order chi connectivity index (χ1) is 16.5. The van der Waals surface area contributed by atoms with Crippen molar-refractivity contribution >= 4 is 29.1 Å². The molecule has 0 aromatic heterocycles. The van der Waals surface area contributed by atoms with E-state index < -0.39 is 0 Å². The molecule has 4 rings (SSSR count). The number of anilines is 1.